The van der Waals surface area contributed by atoms with Gasteiger partial charge in [0.25, 0.3) is 0 Å². The number of imidazole rings is 1. The topological polar surface area (TPSA) is 59.6 Å². The number of benzene rings is 2. The van der Waals surface area contributed by atoms with Crippen molar-refractivity contribution in [2.75, 3.05) is 40.3 Å². The Hall–Kier alpha value is -2.87. The molecule has 3 heterocycles. The number of hydrogen-bond acceptors (Lipinski definition) is 6. The van der Waals surface area contributed by atoms with Gasteiger partial charge in [0, 0.05) is 50.7 Å². The van der Waals surface area contributed by atoms with Crippen molar-refractivity contribution in [3.8, 4) is 16.9 Å². The van der Waals surface area contributed by atoms with Crippen LogP contribution in [0.5, 0.6) is 5.75 Å². The fraction of sp³-hybridized carbons (Fsp3) is 0.448. The van der Waals surface area contributed by atoms with Gasteiger partial charge in [0.1, 0.15) is 17.3 Å². The number of halogens is 1. The Labute approximate surface area is 224 Å². The molecule has 1 aliphatic heterocycles. The second kappa shape index (κ2) is 10.9. The van der Waals surface area contributed by atoms with E-state index in [4.69, 9.17) is 25.8 Å². The van der Waals surface area contributed by atoms with E-state index in [9.17, 15) is 0 Å². The van der Waals surface area contributed by atoms with Gasteiger partial charge in [-0.2, -0.15) is 0 Å². The monoisotopic (exact) mass is 521 g/mol. The number of nitrogens with zero attached hydrogens (tertiary/aromatic N) is 5. The van der Waals surface area contributed by atoms with Crippen LogP contribution in [0.25, 0.3) is 22.2 Å². The third-order valence-electron chi connectivity index (χ3n) is 7.61. The van der Waals surface area contributed by atoms with Gasteiger partial charge in [-0.05, 0) is 69.6 Å². The summed E-state index contributed by atoms with van der Waals surface area (Å²) in [5.41, 5.74) is 6.39. The highest BCUT2D eigenvalue weighted by atomic mass is 35.5. The molecule has 1 saturated heterocycles. The number of piperazine rings is 1. The highest BCUT2D eigenvalue weighted by molar-refractivity contribution is 6.32. The first-order chi connectivity index (χ1) is 17.8. The third kappa shape index (κ3) is 5.40. The summed E-state index contributed by atoms with van der Waals surface area (Å²) < 4.78 is 13.2. The highest BCUT2D eigenvalue weighted by Crippen LogP contribution is 2.31. The number of hydrogen-bond donors (Lipinski definition) is 0. The lowest BCUT2D eigenvalue weighted by Crippen LogP contribution is -2.49. The van der Waals surface area contributed by atoms with Crippen LogP contribution in [0.4, 0.5) is 0 Å². The molecule has 0 unspecified atom stereocenters. The average molecular weight is 522 g/mol. The van der Waals surface area contributed by atoms with Gasteiger partial charge in [-0.15, -0.1) is 0 Å². The molecule has 0 bridgehead atoms. The number of likely N-dealkylation sites (N-methyl/N-ethyl adjacent to an activating group) is 1. The molecule has 0 saturated carbocycles. The molecule has 37 heavy (non-hydrogen) atoms. The van der Waals surface area contributed by atoms with E-state index < -0.39 is 0 Å². The van der Waals surface area contributed by atoms with E-state index in [1.165, 1.54) is 11.1 Å². The number of methoxy groups -OCH3 is 1. The van der Waals surface area contributed by atoms with Gasteiger partial charge in [0.05, 0.1) is 28.9 Å². The summed E-state index contributed by atoms with van der Waals surface area (Å²) in [6.07, 6.45) is 1.68. The second-order valence-corrected chi connectivity index (χ2v) is 10.6. The Balaban J connectivity index is 1.47. The molecule has 5 rings (SSSR count). The van der Waals surface area contributed by atoms with Crippen molar-refractivity contribution in [2.24, 2.45) is 0 Å². The zero-order chi connectivity index (χ0) is 26.1. The first-order valence-electron chi connectivity index (χ1n) is 13.0. The second-order valence-electron chi connectivity index (χ2n) is 10.2. The summed E-state index contributed by atoms with van der Waals surface area (Å²) in [7, 11) is 3.84. The summed E-state index contributed by atoms with van der Waals surface area (Å²) >= 11 is 6.40. The lowest BCUT2D eigenvalue weighted by Gasteiger charge is -2.36. The molecule has 1 atom stereocenters. The number of ether oxygens (including phenoxy) is 1. The van der Waals surface area contributed by atoms with Gasteiger partial charge < -0.3 is 18.7 Å². The molecule has 0 radical (unpaired) electrons. The van der Waals surface area contributed by atoms with Crippen molar-refractivity contribution in [1.82, 2.24) is 24.5 Å². The molecular weight excluding hydrogens is 486 g/mol. The van der Waals surface area contributed by atoms with Gasteiger partial charge in [-0.25, -0.2) is 4.98 Å². The Morgan fingerprint density at radius 1 is 1.05 bits per heavy atom. The fourth-order valence-corrected chi connectivity index (χ4v) is 5.67. The third-order valence-corrected chi connectivity index (χ3v) is 7.91. The molecule has 4 aromatic rings. The summed E-state index contributed by atoms with van der Waals surface area (Å²) in [5.74, 6) is 2.63. The largest absolute Gasteiger partial charge is 0.495 e. The van der Waals surface area contributed by atoms with Crippen LogP contribution in [-0.2, 0) is 19.4 Å². The number of aromatic nitrogens is 3. The van der Waals surface area contributed by atoms with Gasteiger partial charge >= 0.3 is 0 Å². The van der Waals surface area contributed by atoms with E-state index in [0.29, 0.717) is 16.8 Å². The minimum atomic E-state index is 0.419. The number of fused-ring (bicyclic) bond motifs is 1. The predicted octanol–water partition coefficient (Wildman–Crippen LogP) is 5.39. The maximum Gasteiger partial charge on any atom is 0.141 e. The SMILES string of the molecule is COc1ccc(CCc2nc3cc(-c4c(C)noc4C)ccc3n2C[C@H](C)N2CCN(C)CC2)cc1Cl. The van der Waals surface area contributed by atoms with Crippen molar-refractivity contribution in [3.63, 3.8) is 0 Å². The molecule has 1 fully saturated rings. The van der Waals surface area contributed by atoms with Gasteiger partial charge in [-0.3, -0.25) is 4.90 Å². The summed E-state index contributed by atoms with van der Waals surface area (Å²) in [4.78, 5) is 10.1. The maximum absolute atomic E-state index is 6.40. The van der Waals surface area contributed by atoms with Crippen LogP contribution < -0.4 is 4.74 Å². The van der Waals surface area contributed by atoms with Crippen LogP contribution in [0, 0.1) is 13.8 Å². The summed E-state index contributed by atoms with van der Waals surface area (Å²) in [6.45, 7) is 11.6. The Kier molecular flexibility index (Phi) is 7.56. The van der Waals surface area contributed by atoms with Gasteiger partial charge in [0.2, 0.25) is 0 Å². The normalized spacial score (nSPS) is 15.9. The highest BCUT2D eigenvalue weighted by Gasteiger charge is 2.22. The van der Waals surface area contributed by atoms with E-state index in [2.05, 4.69) is 57.8 Å². The number of aryl methyl sites for hydroxylation is 4. The molecule has 8 heteroatoms. The zero-order valence-corrected chi connectivity index (χ0v) is 23.2. The maximum atomic E-state index is 6.40. The molecule has 0 N–H and O–H groups in total. The lowest BCUT2D eigenvalue weighted by molar-refractivity contribution is 0.110. The van der Waals surface area contributed by atoms with E-state index in [1.807, 2.05) is 26.0 Å². The molecule has 0 aliphatic carbocycles. The smallest absolute Gasteiger partial charge is 0.141 e. The van der Waals surface area contributed by atoms with Crippen molar-refractivity contribution in [3.05, 3.63) is 64.3 Å². The molecular formula is C29H36ClN5O2. The molecule has 7 nitrogen and oxygen atoms in total. The van der Waals surface area contributed by atoms with Crippen molar-refractivity contribution >= 4 is 22.6 Å². The van der Waals surface area contributed by atoms with Gasteiger partial charge in [-0.1, -0.05) is 28.9 Å². The fourth-order valence-electron chi connectivity index (χ4n) is 5.39. The minimum absolute atomic E-state index is 0.419. The standard InChI is InChI=1S/C29H36ClN5O2/c1-19(34-14-12-33(4)13-15-34)18-35-26-9-8-23(29-20(2)32-37-21(29)3)17-25(26)31-28(35)11-7-22-6-10-27(36-5)24(30)16-22/h6,8-10,16-17,19H,7,11-15,18H2,1-5H3/t19-/m0/s1. The zero-order valence-electron chi connectivity index (χ0n) is 22.4. The molecule has 2 aromatic carbocycles. The van der Waals surface area contributed by atoms with Crippen LogP contribution in [0.2, 0.25) is 5.02 Å². The van der Waals surface area contributed by atoms with Crippen LogP contribution in [-0.4, -0.2) is 70.9 Å². The molecule has 196 valence electrons. The van der Waals surface area contributed by atoms with Crippen molar-refractivity contribution in [1.29, 1.82) is 0 Å². The molecule has 1 aliphatic rings. The first-order valence-corrected chi connectivity index (χ1v) is 13.4. The lowest BCUT2D eigenvalue weighted by atomic mass is 10.0. The van der Waals surface area contributed by atoms with Crippen LogP contribution in [0.3, 0.4) is 0 Å². The van der Waals surface area contributed by atoms with E-state index in [0.717, 1.165) is 79.5 Å². The van der Waals surface area contributed by atoms with E-state index in [1.54, 1.807) is 7.11 Å². The van der Waals surface area contributed by atoms with E-state index >= 15 is 0 Å². The van der Waals surface area contributed by atoms with Crippen LogP contribution >= 0.6 is 11.6 Å². The van der Waals surface area contributed by atoms with Crippen LogP contribution in [0.15, 0.2) is 40.9 Å². The minimum Gasteiger partial charge on any atom is -0.495 e. The number of rotatable bonds is 8. The van der Waals surface area contributed by atoms with Crippen molar-refractivity contribution in [2.45, 2.75) is 46.2 Å². The van der Waals surface area contributed by atoms with E-state index in [-0.39, 0.29) is 0 Å². The Bertz CT molecular complexity index is 1370. The molecule has 0 amide bonds. The van der Waals surface area contributed by atoms with Crippen molar-refractivity contribution < 1.29 is 9.26 Å². The summed E-state index contributed by atoms with van der Waals surface area (Å²) in [6, 6.07) is 13.0. The Morgan fingerprint density at radius 3 is 2.51 bits per heavy atom. The van der Waals surface area contributed by atoms with Gasteiger partial charge in [0.15, 0.2) is 0 Å². The molecule has 0 spiro atoms. The van der Waals surface area contributed by atoms with Crippen LogP contribution in [0.1, 0.15) is 29.8 Å². The Morgan fingerprint density at radius 2 is 1.84 bits per heavy atom. The summed E-state index contributed by atoms with van der Waals surface area (Å²) in [5, 5.41) is 4.79. The average Bonchev–Trinajstić information content (AvgIpc) is 3.41. The quantitative estimate of drug-likeness (QED) is 0.310. The predicted molar refractivity (Wildman–Crippen MR) is 149 cm³/mol. The molecule has 2 aromatic heterocycles. The first kappa shape index (κ1) is 25.8.